The van der Waals surface area contributed by atoms with Gasteiger partial charge in [0.1, 0.15) is 16.9 Å². The highest BCUT2D eigenvalue weighted by Gasteiger charge is 2.17. The number of benzene rings is 1. The lowest BCUT2D eigenvalue weighted by atomic mass is 10.1. The Morgan fingerprint density at radius 2 is 1.96 bits per heavy atom. The third-order valence-electron chi connectivity index (χ3n) is 4.95. The van der Waals surface area contributed by atoms with Gasteiger partial charge in [0.2, 0.25) is 0 Å². The van der Waals surface area contributed by atoms with Crippen LogP contribution >= 0.6 is 0 Å². The second kappa shape index (κ2) is 8.27. The molecule has 0 saturated heterocycles. The van der Waals surface area contributed by atoms with Crippen LogP contribution in [0.4, 0.5) is 0 Å². The molecule has 0 unspecified atom stereocenters. The highest BCUT2D eigenvalue weighted by molar-refractivity contribution is 5.95. The van der Waals surface area contributed by atoms with Gasteiger partial charge in [0.15, 0.2) is 6.29 Å². The largest absolute Gasteiger partial charge is 0.506 e. The molecule has 0 aliphatic carbocycles. The van der Waals surface area contributed by atoms with Crippen molar-refractivity contribution in [1.29, 1.82) is 0 Å². The summed E-state index contributed by atoms with van der Waals surface area (Å²) < 4.78 is 2.09. The van der Waals surface area contributed by atoms with Crippen molar-refractivity contribution >= 4 is 34.6 Å². The molecule has 0 bridgehead atoms. The summed E-state index contributed by atoms with van der Waals surface area (Å²) >= 11 is 0. The number of imidazole rings is 1. The summed E-state index contributed by atoms with van der Waals surface area (Å²) in [6.45, 7) is 10.2. The highest BCUT2D eigenvalue weighted by Crippen LogP contribution is 2.27. The monoisotopic (exact) mass is 367 g/mol. The summed E-state index contributed by atoms with van der Waals surface area (Å²) in [7, 11) is 1.50. The van der Waals surface area contributed by atoms with E-state index in [4.69, 9.17) is 0 Å². The molecule has 0 radical (unpaired) electrons. The molecule has 144 valence electrons. The van der Waals surface area contributed by atoms with Gasteiger partial charge in [-0.15, -0.1) is 0 Å². The smallest absolute Gasteiger partial charge is 0.154 e. The molecule has 2 heterocycles. The van der Waals surface area contributed by atoms with Gasteiger partial charge < -0.3 is 15.8 Å². The van der Waals surface area contributed by atoms with Crippen molar-refractivity contribution in [3.63, 3.8) is 0 Å². The van der Waals surface area contributed by atoms with Gasteiger partial charge >= 0.3 is 0 Å². The molecule has 5 nitrogen and oxygen atoms in total. The molecule has 0 aliphatic heterocycles. The van der Waals surface area contributed by atoms with Crippen molar-refractivity contribution in [2.45, 2.75) is 41.0 Å². The van der Waals surface area contributed by atoms with Crippen LogP contribution in [-0.2, 0) is 0 Å². The second-order valence-corrected chi connectivity index (χ2v) is 6.54. The first-order chi connectivity index (χ1) is 12.9. The predicted molar refractivity (Wildman–Crippen MR) is 114 cm³/mol. The average molecular weight is 367 g/mol. The minimum atomic E-state index is 0.191. The van der Waals surface area contributed by atoms with Crippen LogP contribution in [0.2, 0.25) is 0 Å². The minimum Gasteiger partial charge on any atom is -0.506 e. The number of aromatic amines is 1. The summed E-state index contributed by atoms with van der Waals surface area (Å²) in [5.74, 6) is 0.191. The molecule has 3 rings (SSSR count). The molecule has 0 spiro atoms. The molecule has 0 saturated carbocycles. The molecule has 0 atom stereocenters. The fourth-order valence-electron chi connectivity index (χ4n) is 3.33. The van der Waals surface area contributed by atoms with E-state index < -0.39 is 0 Å². The second-order valence-electron chi connectivity index (χ2n) is 6.54. The number of phenols is 1. The van der Waals surface area contributed by atoms with Crippen molar-refractivity contribution < 1.29 is 9.90 Å². The van der Waals surface area contributed by atoms with E-state index >= 15 is 0 Å². The van der Waals surface area contributed by atoms with E-state index in [1.165, 1.54) is 12.6 Å². The molecule has 0 aliphatic rings. The fourth-order valence-corrected chi connectivity index (χ4v) is 3.33. The summed E-state index contributed by atoms with van der Waals surface area (Å²) in [4.78, 5) is 15.2. The Kier molecular flexibility index (Phi) is 6.28. The SMILES string of the molecule is C/C=C(C)\C=c1\c(C=O)c2[nH]c3c(O)ccc(C)c3n2c1=C(C)CC.CN. The number of aldehydes is 1. The number of aryl methyl sites for hydroxylation is 1. The molecule has 0 amide bonds. The number of hydrogen-bond donors (Lipinski definition) is 3. The zero-order valence-corrected chi connectivity index (χ0v) is 17.0. The standard InChI is InChI=1S/C21H24N2O2.CH5N/c1-6-12(3)10-15-16(11-24)21-22-18-17(25)9-8-14(5)20(18)23(21)19(15)13(4)7-2;1-2/h6,8-11,22,25H,7H2,1-5H3;2H2,1H3/b12-6-,15-10-,19-13?;. The Morgan fingerprint density at radius 1 is 1.30 bits per heavy atom. The summed E-state index contributed by atoms with van der Waals surface area (Å²) in [5.41, 5.74) is 10.8. The van der Waals surface area contributed by atoms with Gasteiger partial charge in [-0.25, -0.2) is 0 Å². The number of carbonyl (C=O) groups excluding carboxylic acids is 1. The normalized spacial score (nSPS) is 13.7. The first kappa shape index (κ1) is 20.5. The van der Waals surface area contributed by atoms with Crippen LogP contribution < -0.4 is 16.3 Å². The number of phenolic OH excluding ortho intramolecular Hbond substituents is 1. The van der Waals surface area contributed by atoms with Gasteiger partial charge in [-0.3, -0.25) is 9.20 Å². The number of allylic oxidation sites excluding steroid dienone is 2. The molecule has 2 aromatic heterocycles. The van der Waals surface area contributed by atoms with Crippen molar-refractivity contribution in [3.05, 3.63) is 45.5 Å². The van der Waals surface area contributed by atoms with Gasteiger partial charge in [0, 0.05) is 5.22 Å². The number of fused-ring (bicyclic) bond motifs is 3. The van der Waals surface area contributed by atoms with Crippen LogP contribution in [0.5, 0.6) is 5.75 Å². The maximum atomic E-state index is 11.9. The maximum absolute atomic E-state index is 11.9. The zero-order valence-electron chi connectivity index (χ0n) is 17.0. The Bertz CT molecular complexity index is 1140. The van der Waals surface area contributed by atoms with Crippen LogP contribution in [0.1, 0.15) is 50.0 Å². The molecule has 27 heavy (non-hydrogen) atoms. The number of carbonyl (C=O) groups is 1. The van der Waals surface area contributed by atoms with E-state index in [0.29, 0.717) is 11.1 Å². The quantitative estimate of drug-likeness (QED) is 0.622. The number of H-pyrrole nitrogens is 1. The van der Waals surface area contributed by atoms with Gasteiger partial charge in [-0.1, -0.05) is 24.6 Å². The third-order valence-corrected chi connectivity index (χ3v) is 4.95. The number of hydrogen-bond acceptors (Lipinski definition) is 3. The lowest BCUT2D eigenvalue weighted by molar-refractivity contribution is 0.112. The summed E-state index contributed by atoms with van der Waals surface area (Å²) in [6.07, 6.45) is 5.87. The van der Waals surface area contributed by atoms with Gasteiger partial charge in [-0.2, -0.15) is 0 Å². The van der Waals surface area contributed by atoms with Gasteiger partial charge in [0.05, 0.1) is 16.4 Å². The van der Waals surface area contributed by atoms with Gasteiger partial charge in [-0.05, 0) is 64.4 Å². The Morgan fingerprint density at radius 3 is 2.52 bits per heavy atom. The van der Waals surface area contributed by atoms with Crippen LogP contribution in [-0.4, -0.2) is 27.8 Å². The van der Waals surface area contributed by atoms with Crippen molar-refractivity contribution in [3.8, 4) is 5.75 Å². The van der Waals surface area contributed by atoms with E-state index in [9.17, 15) is 9.90 Å². The van der Waals surface area contributed by atoms with Crippen LogP contribution in [0.15, 0.2) is 23.8 Å². The van der Waals surface area contributed by atoms with Crippen LogP contribution in [0.3, 0.4) is 0 Å². The summed E-state index contributed by atoms with van der Waals surface area (Å²) in [5, 5.41) is 12.2. The zero-order chi connectivity index (χ0) is 20.3. The molecule has 4 N–H and O–H groups in total. The first-order valence-electron chi connectivity index (χ1n) is 9.16. The topological polar surface area (TPSA) is 83.5 Å². The van der Waals surface area contributed by atoms with Crippen molar-refractivity contribution in [2.75, 3.05) is 7.05 Å². The minimum absolute atomic E-state index is 0.191. The first-order valence-corrected chi connectivity index (χ1v) is 9.16. The van der Waals surface area contributed by atoms with E-state index in [0.717, 1.165) is 45.6 Å². The van der Waals surface area contributed by atoms with Crippen molar-refractivity contribution in [1.82, 2.24) is 9.38 Å². The number of aromatic nitrogens is 2. The number of rotatable bonds is 3. The van der Waals surface area contributed by atoms with E-state index in [2.05, 4.69) is 35.0 Å². The number of nitrogens with one attached hydrogen (secondary N) is 1. The van der Waals surface area contributed by atoms with Crippen LogP contribution in [0, 0.1) is 6.92 Å². The van der Waals surface area contributed by atoms with E-state index in [-0.39, 0.29) is 5.75 Å². The lowest BCUT2D eigenvalue weighted by Gasteiger charge is -2.02. The van der Waals surface area contributed by atoms with E-state index in [1.807, 2.05) is 32.9 Å². The Balaban J connectivity index is 0.00000126. The Labute approximate surface area is 159 Å². The average Bonchev–Trinajstić information content (AvgIpc) is 3.20. The maximum Gasteiger partial charge on any atom is 0.154 e. The Hall–Kier alpha value is -2.79. The number of nitrogens with zero attached hydrogens (tertiary/aromatic N) is 1. The van der Waals surface area contributed by atoms with Gasteiger partial charge in [0.25, 0.3) is 0 Å². The number of nitrogens with two attached hydrogens (primary N) is 1. The summed E-state index contributed by atoms with van der Waals surface area (Å²) in [6, 6.07) is 3.58. The fraction of sp³-hybridized carbons (Fsp3) is 0.318. The van der Waals surface area contributed by atoms with E-state index in [1.54, 1.807) is 6.07 Å². The molecular weight excluding hydrogens is 338 g/mol. The molecule has 0 fully saturated rings. The molecule has 1 aromatic carbocycles. The van der Waals surface area contributed by atoms with Crippen molar-refractivity contribution in [2.24, 2.45) is 5.73 Å². The predicted octanol–water partition coefficient (Wildman–Crippen LogP) is 3.15. The number of aromatic hydroxyl groups is 1. The molecule has 3 aromatic rings. The highest BCUT2D eigenvalue weighted by atomic mass is 16.3. The lowest BCUT2D eigenvalue weighted by Crippen LogP contribution is -2.30. The van der Waals surface area contributed by atoms with Crippen LogP contribution in [0.25, 0.3) is 28.3 Å². The molecular formula is C22H29N3O2. The molecule has 5 heteroatoms. The third kappa shape index (κ3) is 3.30.